The Kier molecular flexibility index (Phi) is 8.33. The van der Waals surface area contributed by atoms with Gasteiger partial charge in [0.15, 0.2) is 0 Å². The normalized spacial score (nSPS) is 21.0. The van der Waals surface area contributed by atoms with Crippen molar-refractivity contribution in [2.24, 2.45) is 11.8 Å². The zero-order chi connectivity index (χ0) is 19.8. The predicted molar refractivity (Wildman–Crippen MR) is 109 cm³/mol. The first kappa shape index (κ1) is 21.5. The SMILES string of the molecule is CCCCCC1CCC(c2ccc(C(=O)N[C@@H](C(=O)O)C(C)C)cc2)CC1. The van der Waals surface area contributed by atoms with Crippen LogP contribution in [0.25, 0.3) is 0 Å². The van der Waals surface area contributed by atoms with Crippen molar-refractivity contribution in [1.29, 1.82) is 0 Å². The van der Waals surface area contributed by atoms with Crippen molar-refractivity contribution in [3.05, 3.63) is 35.4 Å². The number of rotatable bonds is 9. The number of hydrogen-bond acceptors (Lipinski definition) is 2. The van der Waals surface area contributed by atoms with Crippen LogP contribution < -0.4 is 5.32 Å². The summed E-state index contributed by atoms with van der Waals surface area (Å²) < 4.78 is 0. The van der Waals surface area contributed by atoms with Gasteiger partial charge in [0.1, 0.15) is 6.04 Å². The minimum atomic E-state index is -0.995. The van der Waals surface area contributed by atoms with Crippen molar-refractivity contribution >= 4 is 11.9 Å². The number of benzene rings is 1. The zero-order valence-corrected chi connectivity index (χ0v) is 17.0. The standard InChI is InChI=1S/C23H35NO3/c1-4-5-6-7-17-8-10-18(11-9-17)19-12-14-20(15-13-19)22(25)24-21(16(2)3)23(26)27/h12-18,21H,4-11H2,1-3H3,(H,24,25)(H,26,27)/t17?,18?,21-/m1/s1. The van der Waals surface area contributed by atoms with Crippen LogP contribution in [-0.2, 0) is 4.79 Å². The maximum absolute atomic E-state index is 12.3. The smallest absolute Gasteiger partial charge is 0.326 e. The van der Waals surface area contributed by atoms with E-state index in [9.17, 15) is 14.7 Å². The third-order valence-electron chi connectivity index (χ3n) is 5.93. The second kappa shape index (κ2) is 10.5. The van der Waals surface area contributed by atoms with Crippen LogP contribution in [0.4, 0.5) is 0 Å². The molecule has 1 aromatic rings. The third kappa shape index (κ3) is 6.37. The summed E-state index contributed by atoms with van der Waals surface area (Å²) >= 11 is 0. The number of hydrogen-bond donors (Lipinski definition) is 2. The van der Waals surface area contributed by atoms with Crippen molar-refractivity contribution in [2.45, 2.75) is 84.1 Å². The number of carboxylic acid groups (broad SMARTS) is 1. The highest BCUT2D eigenvalue weighted by Crippen LogP contribution is 2.37. The van der Waals surface area contributed by atoms with Gasteiger partial charge < -0.3 is 10.4 Å². The van der Waals surface area contributed by atoms with Crippen LogP contribution in [0.15, 0.2) is 24.3 Å². The molecule has 27 heavy (non-hydrogen) atoms. The molecule has 2 N–H and O–H groups in total. The molecular weight excluding hydrogens is 338 g/mol. The van der Waals surface area contributed by atoms with Crippen LogP contribution >= 0.6 is 0 Å². The molecule has 150 valence electrons. The molecule has 1 fully saturated rings. The Morgan fingerprint density at radius 3 is 2.22 bits per heavy atom. The van der Waals surface area contributed by atoms with E-state index in [2.05, 4.69) is 12.2 Å². The van der Waals surface area contributed by atoms with Crippen LogP contribution in [0.1, 0.15) is 94.0 Å². The summed E-state index contributed by atoms with van der Waals surface area (Å²) in [4.78, 5) is 23.6. The van der Waals surface area contributed by atoms with Gasteiger partial charge in [0.25, 0.3) is 5.91 Å². The Morgan fingerprint density at radius 1 is 1.07 bits per heavy atom. The van der Waals surface area contributed by atoms with Gasteiger partial charge in [-0.15, -0.1) is 0 Å². The molecule has 0 unspecified atom stereocenters. The fourth-order valence-electron chi connectivity index (χ4n) is 4.11. The first-order valence-electron chi connectivity index (χ1n) is 10.6. The quantitative estimate of drug-likeness (QED) is 0.571. The van der Waals surface area contributed by atoms with Crippen LogP contribution in [0.3, 0.4) is 0 Å². The van der Waals surface area contributed by atoms with Crippen molar-refractivity contribution in [3.63, 3.8) is 0 Å². The van der Waals surface area contributed by atoms with E-state index in [1.807, 2.05) is 24.3 Å². The molecule has 4 nitrogen and oxygen atoms in total. The highest BCUT2D eigenvalue weighted by molar-refractivity contribution is 5.96. The number of carboxylic acids is 1. The monoisotopic (exact) mass is 373 g/mol. The lowest BCUT2D eigenvalue weighted by Crippen LogP contribution is -2.44. The van der Waals surface area contributed by atoms with Crippen molar-refractivity contribution in [1.82, 2.24) is 5.32 Å². The van der Waals surface area contributed by atoms with E-state index in [4.69, 9.17) is 0 Å². The summed E-state index contributed by atoms with van der Waals surface area (Å²) in [7, 11) is 0. The Hall–Kier alpha value is -1.84. The lowest BCUT2D eigenvalue weighted by atomic mass is 9.77. The van der Waals surface area contributed by atoms with E-state index in [1.165, 1.54) is 56.9 Å². The Labute approximate surface area is 163 Å². The summed E-state index contributed by atoms with van der Waals surface area (Å²) in [5.74, 6) is 0.0139. The molecule has 1 atom stereocenters. The number of carbonyl (C=O) groups is 2. The van der Waals surface area contributed by atoms with E-state index in [1.54, 1.807) is 13.8 Å². The number of amides is 1. The van der Waals surface area contributed by atoms with Gasteiger partial charge in [-0.25, -0.2) is 4.79 Å². The average Bonchev–Trinajstić information content (AvgIpc) is 2.66. The molecule has 1 aliphatic carbocycles. The lowest BCUT2D eigenvalue weighted by Gasteiger charge is -2.29. The molecule has 2 rings (SSSR count). The number of unbranched alkanes of at least 4 members (excludes halogenated alkanes) is 2. The zero-order valence-electron chi connectivity index (χ0n) is 17.0. The molecule has 0 spiro atoms. The summed E-state index contributed by atoms with van der Waals surface area (Å²) in [6, 6.07) is 6.89. The summed E-state index contributed by atoms with van der Waals surface area (Å²) in [5, 5.41) is 11.9. The molecule has 1 amide bonds. The topological polar surface area (TPSA) is 66.4 Å². The fourth-order valence-corrected chi connectivity index (χ4v) is 4.11. The molecular formula is C23H35NO3. The third-order valence-corrected chi connectivity index (χ3v) is 5.93. The molecule has 1 aliphatic rings. The van der Waals surface area contributed by atoms with Crippen molar-refractivity contribution in [2.75, 3.05) is 0 Å². The molecule has 1 aromatic carbocycles. The molecule has 1 saturated carbocycles. The van der Waals surface area contributed by atoms with Gasteiger partial charge in [-0.2, -0.15) is 0 Å². The maximum Gasteiger partial charge on any atom is 0.326 e. The maximum atomic E-state index is 12.3. The first-order valence-corrected chi connectivity index (χ1v) is 10.6. The van der Waals surface area contributed by atoms with E-state index in [-0.39, 0.29) is 11.8 Å². The minimum absolute atomic E-state index is 0.154. The van der Waals surface area contributed by atoms with Crippen LogP contribution in [-0.4, -0.2) is 23.0 Å². The first-order chi connectivity index (χ1) is 12.9. The summed E-state index contributed by atoms with van der Waals surface area (Å²) in [5.41, 5.74) is 1.83. The van der Waals surface area contributed by atoms with Gasteiger partial charge in [-0.05, 0) is 61.1 Å². The second-order valence-electron chi connectivity index (χ2n) is 8.37. The second-order valence-corrected chi connectivity index (χ2v) is 8.37. The highest BCUT2D eigenvalue weighted by atomic mass is 16.4. The Bertz CT molecular complexity index is 601. The van der Waals surface area contributed by atoms with Gasteiger partial charge in [0.2, 0.25) is 0 Å². The van der Waals surface area contributed by atoms with Gasteiger partial charge in [0, 0.05) is 5.56 Å². The van der Waals surface area contributed by atoms with Gasteiger partial charge >= 0.3 is 5.97 Å². The summed E-state index contributed by atoms with van der Waals surface area (Å²) in [6.07, 6.45) is 10.5. The van der Waals surface area contributed by atoms with Gasteiger partial charge in [-0.1, -0.05) is 58.6 Å². The molecule has 0 aliphatic heterocycles. The molecule has 0 aromatic heterocycles. The molecule has 0 heterocycles. The predicted octanol–water partition coefficient (Wildman–Crippen LogP) is 5.38. The van der Waals surface area contributed by atoms with Gasteiger partial charge in [0.05, 0.1) is 0 Å². The molecule has 0 saturated heterocycles. The van der Waals surface area contributed by atoms with E-state index >= 15 is 0 Å². The highest BCUT2D eigenvalue weighted by Gasteiger charge is 2.25. The molecule has 0 bridgehead atoms. The van der Waals surface area contributed by atoms with E-state index < -0.39 is 12.0 Å². The minimum Gasteiger partial charge on any atom is -0.480 e. The van der Waals surface area contributed by atoms with Crippen LogP contribution in [0.2, 0.25) is 0 Å². The molecule has 4 heteroatoms. The van der Waals surface area contributed by atoms with E-state index in [0.29, 0.717) is 11.5 Å². The van der Waals surface area contributed by atoms with Crippen molar-refractivity contribution < 1.29 is 14.7 Å². The van der Waals surface area contributed by atoms with E-state index in [0.717, 1.165) is 5.92 Å². The summed E-state index contributed by atoms with van der Waals surface area (Å²) in [6.45, 7) is 5.84. The van der Waals surface area contributed by atoms with Crippen LogP contribution in [0, 0.1) is 11.8 Å². The fraction of sp³-hybridized carbons (Fsp3) is 0.652. The Morgan fingerprint density at radius 2 is 1.70 bits per heavy atom. The number of aliphatic carboxylic acids is 1. The Balaban J connectivity index is 1.88. The number of carbonyl (C=O) groups excluding carboxylic acids is 1. The average molecular weight is 374 g/mol. The van der Waals surface area contributed by atoms with Gasteiger partial charge in [-0.3, -0.25) is 4.79 Å². The largest absolute Gasteiger partial charge is 0.480 e. The van der Waals surface area contributed by atoms with Crippen LogP contribution in [0.5, 0.6) is 0 Å². The molecule has 0 radical (unpaired) electrons. The lowest BCUT2D eigenvalue weighted by molar-refractivity contribution is -0.140. The van der Waals surface area contributed by atoms with Crippen molar-refractivity contribution in [3.8, 4) is 0 Å². The number of nitrogens with one attached hydrogen (secondary N) is 1.